The maximum atomic E-state index is 13.7. The summed E-state index contributed by atoms with van der Waals surface area (Å²) in [4.78, 5) is 2.26. The first-order valence-corrected chi connectivity index (χ1v) is 7.86. The van der Waals surface area contributed by atoms with Gasteiger partial charge < -0.3 is 10.2 Å². The van der Waals surface area contributed by atoms with E-state index in [-0.39, 0.29) is 5.82 Å². The van der Waals surface area contributed by atoms with E-state index in [1.165, 1.54) is 25.7 Å². The molecule has 1 saturated carbocycles. The van der Waals surface area contributed by atoms with Crippen molar-refractivity contribution in [3.05, 3.63) is 35.6 Å². The van der Waals surface area contributed by atoms with Crippen LogP contribution < -0.4 is 5.32 Å². The number of hydrogen-bond donors (Lipinski definition) is 1. The Labute approximate surface area is 122 Å². The van der Waals surface area contributed by atoms with Crippen molar-refractivity contribution in [2.45, 2.75) is 45.2 Å². The summed E-state index contributed by atoms with van der Waals surface area (Å²) in [5.74, 6) is 0.603. The van der Waals surface area contributed by atoms with Crippen LogP contribution in [0.15, 0.2) is 24.3 Å². The second-order valence-corrected chi connectivity index (χ2v) is 6.00. The summed E-state index contributed by atoms with van der Waals surface area (Å²) in [5.41, 5.74) is 0.797. The highest BCUT2D eigenvalue weighted by Gasteiger charge is 2.25. The molecule has 112 valence electrons. The molecule has 0 aliphatic heterocycles. The molecule has 0 heterocycles. The minimum Gasteiger partial charge on any atom is -0.314 e. The number of nitrogens with zero attached hydrogens (tertiary/aromatic N) is 1. The summed E-state index contributed by atoms with van der Waals surface area (Å²) in [6.45, 7) is 4.96. The molecule has 1 aliphatic carbocycles. The van der Waals surface area contributed by atoms with Crippen LogP contribution in [0.1, 0.15) is 38.2 Å². The molecule has 0 spiro atoms. The van der Waals surface area contributed by atoms with Crippen LogP contribution in [0.25, 0.3) is 0 Å². The molecule has 0 amide bonds. The number of benzene rings is 1. The van der Waals surface area contributed by atoms with Gasteiger partial charge in [0.15, 0.2) is 0 Å². The van der Waals surface area contributed by atoms with E-state index in [1.54, 1.807) is 12.1 Å². The molecule has 0 radical (unpaired) electrons. The molecule has 2 unspecified atom stereocenters. The Kier molecular flexibility index (Phi) is 5.99. The lowest BCUT2D eigenvalue weighted by Crippen LogP contribution is -2.43. The second-order valence-electron chi connectivity index (χ2n) is 6.00. The Morgan fingerprint density at radius 2 is 2.00 bits per heavy atom. The zero-order valence-electron chi connectivity index (χ0n) is 12.7. The van der Waals surface area contributed by atoms with Gasteiger partial charge >= 0.3 is 0 Å². The van der Waals surface area contributed by atoms with Gasteiger partial charge in [0.05, 0.1) is 0 Å². The van der Waals surface area contributed by atoms with Gasteiger partial charge in [-0.2, -0.15) is 0 Å². The largest absolute Gasteiger partial charge is 0.314 e. The fourth-order valence-corrected chi connectivity index (χ4v) is 3.34. The van der Waals surface area contributed by atoms with Crippen LogP contribution in [-0.4, -0.2) is 31.1 Å². The van der Waals surface area contributed by atoms with Crippen molar-refractivity contribution in [2.24, 2.45) is 5.92 Å². The minimum atomic E-state index is -0.0915. The first-order chi connectivity index (χ1) is 9.70. The lowest BCUT2D eigenvalue weighted by Gasteiger charge is -2.35. The maximum absolute atomic E-state index is 13.7. The van der Waals surface area contributed by atoms with E-state index in [1.807, 2.05) is 12.1 Å². The minimum absolute atomic E-state index is 0.0915. The zero-order valence-corrected chi connectivity index (χ0v) is 12.7. The Morgan fingerprint density at radius 3 is 2.75 bits per heavy atom. The Balaban J connectivity index is 1.89. The Hall–Kier alpha value is -0.930. The fraction of sp³-hybridized carbons (Fsp3) is 0.647. The summed E-state index contributed by atoms with van der Waals surface area (Å²) >= 11 is 0. The average Bonchev–Trinajstić information content (AvgIpc) is 2.44. The van der Waals surface area contributed by atoms with Crippen molar-refractivity contribution in [1.82, 2.24) is 10.2 Å². The third-order valence-corrected chi connectivity index (χ3v) is 4.32. The summed E-state index contributed by atoms with van der Waals surface area (Å²) in [6, 6.07) is 7.73. The van der Waals surface area contributed by atoms with E-state index >= 15 is 0 Å². The maximum Gasteiger partial charge on any atom is 0.127 e. The predicted molar refractivity (Wildman–Crippen MR) is 82.2 cm³/mol. The highest BCUT2D eigenvalue weighted by Crippen LogP contribution is 2.25. The first kappa shape index (κ1) is 15.5. The SMILES string of the molecule is CCNC1CCCCC1CN(C)Cc1ccccc1F. The summed E-state index contributed by atoms with van der Waals surface area (Å²) in [5, 5.41) is 3.61. The summed E-state index contributed by atoms with van der Waals surface area (Å²) in [6.07, 6.45) is 5.25. The average molecular weight is 278 g/mol. The van der Waals surface area contributed by atoms with Crippen molar-refractivity contribution < 1.29 is 4.39 Å². The number of hydrogen-bond acceptors (Lipinski definition) is 2. The van der Waals surface area contributed by atoms with Crippen molar-refractivity contribution in [3.63, 3.8) is 0 Å². The molecule has 2 rings (SSSR count). The molecule has 1 aromatic carbocycles. The van der Waals surface area contributed by atoms with Crippen molar-refractivity contribution >= 4 is 0 Å². The van der Waals surface area contributed by atoms with Crippen LogP contribution in [-0.2, 0) is 6.54 Å². The Bertz CT molecular complexity index is 406. The smallest absolute Gasteiger partial charge is 0.127 e. The lowest BCUT2D eigenvalue weighted by atomic mass is 9.84. The summed E-state index contributed by atoms with van der Waals surface area (Å²) in [7, 11) is 2.10. The van der Waals surface area contributed by atoms with Gasteiger partial charge in [0, 0.05) is 24.7 Å². The molecule has 1 aliphatic rings. The molecule has 1 N–H and O–H groups in total. The third-order valence-electron chi connectivity index (χ3n) is 4.32. The van der Waals surface area contributed by atoms with Gasteiger partial charge in [0.25, 0.3) is 0 Å². The summed E-state index contributed by atoms with van der Waals surface area (Å²) < 4.78 is 13.7. The van der Waals surface area contributed by atoms with Crippen LogP contribution in [0.2, 0.25) is 0 Å². The molecule has 0 aromatic heterocycles. The number of nitrogens with one attached hydrogen (secondary N) is 1. The van der Waals surface area contributed by atoms with Crippen LogP contribution in [0, 0.1) is 11.7 Å². The van der Waals surface area contributed by atoms with Crippen LogP contribution in [0.4, 0.5) is 4.39 Å². The molecule has 1 fully saturated rings. The zero-order chi connectivity index (χ0) is 14.4. The van der Waals surface area contributed by atoms with Crippen LogP contribution in [0.5, 0.6) is 0 Å². The predicted octanol–water partition coefficient (Wildman–Crippen LogP) is 3.43. The van der Waals surface area contributed by atoms with Gasteiger partial charge in [0.1, 0.15) is 5.82 Å². The van der Waals surface area contributed by atoms with Gasteiger partial charge in [-0.25, -0.2) is 4.39 Å². The van der Waals surface area contributed by atoms with E-state index in [4.69, 9.17) is 0 Å². The lowest BCUT2D eigenvalue weighted by molar-refractivity contribution is 0.185. The molecule has 2 nitrogen and oxygen atoms in total. The second kappa shape index (κ2) is 7.75. The molecule has 0 bridgehead atoms. The molecular weight excluding hydrogens is 251 g/mol. The van der Waals surface area contributed by atoms with Crippen LogP contribution in [0.3, 0.4) is 0 Å². The van der Waals surface area contributed by atoms with Crippen molar-refractivity contribution in [2.75, 3.05) is 20.1 Å². The highest BCUT2D eigenvalue weighted by molar-refractivity contribution is 5.17. The molecule has 3 heteroatoms. The number of halogens is 1. The standard InChI is InChI=1S/C17H27FN2/c1-3-19-17-11-7-5-9-15(17)13-20(2)12-14-8-4-6-10-16(14)18/h4,6,8,10,15,17,19H,3,5,7,9,11-13H2,1-2H3. The highest BCUT2D eigenvalue weighted by atomic mass is 19.1. The van der Waals surface area contributed by atoms with Gasteiger partial charge in [-0.3, -0.25) is 0 Å². The number of rotatable bonds is 6. The third kappa shape index (κ3) is 4.29. The van der Waals surface area contributed by atoms with E-state index in [2.05, 4.69) is 24.2 Å². The van der Waals surface area contributed by atoms with E-state index < -0.39 is 0 Å². The normalized spacial score (nSPS) is 23.2. The fourth-order valence-electron chi connectivity index (χ4n) is 3.34. The van der Waals surface area contributed by atoms with Gasteiger partial charge in [-0.1, -0.05) is 38.0 Å². The monoisotopic (exact) mass is 278 g/mol. The topological polar surface area (TPSA) is 15.3 Å². The van der Waals surface area contributed by atoms with E-state index in [9.17, 15) is 4.39 Å². The molecule has 20 heavy (non-hydrogen) atoms. The van der Waals surface area contributed by atoms with Crippen molar-refractivity contribution in [1.29, 1.82) is 0 Å². The van der Waals surface area contributed by atoms with E-state index in [0.29, 0.717) is 18.5 Å². The molecule has 1 aromatic rings. The van der Waals surface area contributed by atoms with E-state index in [0.717, 1.165) is 18.7 Å². The molecule has 2 atom stereocenters. The van der Waals surface area contributed by atoms with Gasteiger partial charge in [-0.15, -0.1) is 0 Å². The quantitative estimate of drug-likeness (QED) is 0.857. The van der Waals surface area contributed by atoms with Gasteiger partial charge in [-0.05, 0) is 38.4 Å². The molecular formula is C17H27FN2. The van der Waals surface area contributed by atoms with Crippen LogP contribution >= 0.6 is 0 Å². The molecule has 0 saturated heterocycles. The first-order valence-electron chi connectivity index (χ1n) is 7.86. The van der Waals surface area contributed by atoms with Gasteiger partial charge in [0.2, 0.25) is 0 Å². The van der Waals surface area contributed by atoms with Crippen molar-refractivity contribution in [3.8, 4) is 0 Å². The Morgan fingerprint density at radius 1 is 1.25 bits per heavy atom.